The van der Waals surface area contributed by atoms with E-state index in [4.69, 9.17) is 4.74 Å². The van der Waals surface area contributed by atoms with E-state index in [0.717, 1.165) is 34.6 Å². The number of piperidine rings is 1. The van der Waals surface area contributed by atoms with E-state index in [1.54, 1.807) is 0 Å². The molecule has 1 aliphatic carbocycles. The van der Waals surface area contributed by atoms with Gasteiger partial charge in [-0.3, -0.25) is 0 Å². The molecular weight excluding hydrogens is 311 g/mol. The molecule has 2 aliphatic heterocycles. The maximum Gasteiger partial charge on any atom is 0.185 e. The van der Waals surface area contributed by atoms with Crippen molar-refractivity contribution in [2.24, 2.45) is 5.92 Å². The molecule has 1 atom stereocenters. The number of halogens is 1. The van der Waals surface area contributed by atoms with Crippen LogP contribution in [0.3, 0.4) is 0 Å². The number of quaternary nitrogens is 1. The minimum absolute atomic E-state index is 0.124. The van der Waals surface area contributed by atoms with Gasteiger partial charge in [0.1, 0.15) is 22.7 Å². The highest BCUT2D eigenvalue weighted by Crippen LogP contribution is 2.50. The zero-order valence-electron chi connectivity index (χ0n) is 14.1. The number of rotatable bonds is 4. The monoisotopic (exact) mass is 337 g/mol. The van der Waals surface area contributed by atoms with Crippen LogP contribution in [0.2, 0.25) is 0 Å². The van der Waals surface area contributed by atoms with Crippen molar-refractivity contribution in [2.45, 2.75) is 50.3 Å². The normalized spacial score (nSPS) is 28.6. The Morgan fingerprint density at radius 2 is 2.04 bits per heavy atom. The van der Waals surface area contributed by atoms with Gasteiger partial charge in [-0.1, -0.05) is 0 Å². The van der Waals surface area contributed by atoms with Crippen LogP contribution < -0.4 is 15.1 Å². The molecule has 4 rings (SSSR count). The van der Waals surface area contributed by atoms with E-state index in [-0.39, 0.29) is 5.60 Å². The number of hydrogen-bond acceptors (Lipinski definition) is 4. The zero-order chi connectivity index (χ0) is 16.9. The first kappa shape index (κ1) is 16.1. The largest absolute Gasteiger partial charge is 0.487 e. The second-order valence-corrected chi connectivity index (χ2v) is 7.81. The van der Waals surface area contributed by atoms with Crippen molar-refractivity contribution in [3.8, 4) is 5.75 Å². The maximum atomic E-state index is 14.2. The number of aliphatic hydroxyl groups is 1. The molecule has 1 saturated carbocycles. The number of fused-ring (bicyclic) bond motifs is 1. The molecule has 0 amide bonds. The van der Waals surface area contributed by atoms with Crippen LogP contribution in [0.15, 0.2) is 12.1 Å². The van der Waals surface area contributed by atoms with E-state index in [2.05, 4.69) is 11.8 Å². The van der Waals surface area contributed by atoms with E-state index in [0.29, 0.717) is 31.8 Å². The molecule has 6 heteroatoms. The third kappa shape index (κ3) is 2.66. The summed E-state index contributed by atoms with van der Waals surface area (Å²) in [6.45, 7) is 2.80. The SMILES string of the molecule is CC1(C2CC2)Cc2cc([NH2+]O)c(N3CCC(F)(CO)CC3)cc2O1. The van der Waals surface area contributed by atoms with Crippen molar-refractivity contribution in [3.63, 3.8) is 0 Å². The number of benzene rings is 1. The Labute approximate surface area is 141 Å². The number of nitrogens with zero attached hydrogens (tertiary/aromatic N) is 1. The highest BCUT2D eigenvalue weighted by molar-refractivity contribution is 5.68. The third-order valence-electron chi connectivity index (χ3n) is 5.96. The van der Waals surface area contributed by atoms with Crippen molar-refractivity contribution in [2.75, 3.05) is 24.6 Å². The second-order valence-electron chi connectivity index (χ2n) is 7.81. The number of ether oxygens (including phenoxy) is 1. The van der Waals surface area contributed by atoms with Crippen LogP contribution in [-0.2, 0) is 6.42 Å². The molecule has 132 valence electrons. The van der Waals surface area contributed by atoms with Gasteiger partial charge in [-0.25, -0.2) is 9.60 Å². The Balaban J connectivity index is 1.59. The predicted octanol–water partition coefficient (Wildman–Crippen LogP) is 1.68. The Morgan fingerprint density at radius 1 is 1.33 bits per heavy atom. The van der Waals surface area contributed by atoms with E-state index in [9.17, 15) is 14.7 Å². The van der Waals surface area contributed by atoms with Crippen molar-refractivity contribution in [3.05, 3.63) is 17.7 Å². The van der Waals surface area contributed by atoms with Gasteiger partial charge in [0, 0.05) is 50.0 Å². The van der Waals surface area contributed by atoms with Gasteiger partial charge in [-0.05, 0) is 25.7 Å². The van der Waals surface area contributed by atoms with E-state index in [1.807, 2.05) is 12.1 Å². The topological polar surface area (TPSA) is 69.5 Å². The fraction of sp³-hybridized carbons (Fsp3) is 0.667. The number of anilines is 1. The standard InChI is InChI=1S/C18H25FN2O3/c1-17(13-2-3-13)10-12-8-14(20-23)15(9-16(12)24-17)21-6-4-18(19,11-22)5-7-21/h8-9,13,20,22-23H,2-7,10-11H2,1H3/p+1. The molecule has 24 heavy (non-hydrogen) atoms. The van der Waals surface area contributed by atoms with Crippen LogP contribution in [0.5, 0.6) is 5.75 Å². The third-order valence-corrected chi connectivity index (χ3v) is 5.96. The van der Waals surface area contributed by atoms with Gasteiger partial charge in [0.15, 0.2) is 5.69 Å². The molecule has 0 aromatic heterocycles. The molecule has 2 heterocycles. The molecule has 1 unspecified atom stereocenters. The number of aliphatic hydroxyl groups excluding tert-OH is 1. The molecule has 2 fully saturated rings. The second kappa shape index (κ2) is 5.58. The average Bonchev–Trinajstić information content (AvgIpc) is 3.38. The molecule has 1 saturated heterocycles. The first-order chi connectivity index (χ1) is 11.5. The lowest BCUT2D eigenvalue weighted by molar-refractivity contribution is -0.825. The predicted molar refractivity (Wildman–Crippen MR) is 87.6 cm³/mol. The smallest absolute Gasteiger partial charge is 0.185 e. The van der Waals surface area contributed by atoms with E-state index in [1.165, 1.54) is 12.8 Å². The summed E-state index contributed by atoms with van der Waals surface area (Å²) in [6, 6.07) is 4.00. The zero-order valence-corrected chi connectivity index (χ0v) is 14.1. The molecule has 0 spiro atoms. The van der Waals surface area contributed by atoms with Crippen LogP contribution in [-0.4, -0.2) is 41.3 Å². The van der Waals surface area contributed by atoms with E-state index >= 15 is 0 Å². The minimum atomic E-state index is -1.47. The lowest BCUT2D eigenvalue weighted by atomic mass is 9.92. The Bertz CT molecular complexity index is 641. The van der Waals surface area contributed by atoms with Crippen molar-refractivity contribution in [1.82, 2.24) is 0 Å². The van der Waals surface area contributed by atoms with Crippen LogP contribution in [0.25, 0.3) is 0 Å². The molecule has 0 radical (unpaired) electrons. The van der Waals surface area contributed by atoms with Crippen LogP contribution in [0.1, 0.15) is 38.2 Å². The fourth-order valence-corrected chi connectivity index (χ4v) is 4.14. The quantitative estimate of drug-likeness (QED) is 0.577. The number of hydrogen-bond donors (Lipinski definition) is 3. The molecule has 1 aromatic carbocycles. The van der Waals surface area contributed by atoms with Crippen LogP contribution in [0.4, 0.5) is 15.8 Å². The molecule has 1 aromatic rings. The first-order valence-corrected chi connectivity index (χ1v) is 8.84. The van der Waals surface area contributed by atoms with Crippen LogP contribution in [0, 0.1) is 5.92 Å². The fourth-order valence-electron chi connectivity index (χ4n) is 4.14. The Morgan fingerprint density at radius 3 is 2.62 bits per heavy atom. The van der Waals surface area contributed by atoms with Gasteiger partial charge in [0.05, 0.1) is 6.61 Å². The van der Waals surface area contributed by atoms with Crippen molar-refractivity contribution < 1.29 is 24.9 Å². The lowest BCUT2D eigenvalue weighted by Crippen LogP contribution is -2.74. The van der Waals surface area contributed by atoms with Gasteiger partial charge in [0.25, 0.3) is 0 Å². The number of nitrogens with two attached hydrogens (primary N) is 1. The lowest BCUT2D eigenvalue weighted by Gasteiger charge is -2.36. The molecule has 3 aliphatic rings. The summed E-state index contributed by atoms with van der Waals surface area (Å²) in [6.07, 6.45) is 3.93. The summed E-state index contributed by atoms with van der Waals surface area (Å²) in [4.78, 5) is 2.08. The highest BCUT2D eigenvalue weighted by atomic mass is 19.1. The highest BCUT2D eigenvalue weighted by Gasteiger charge is 2.48. The summed E-state index contributed by atoms with van der Waals surface area (Å²) in [5, 5.41) is 18.9. The molecule has 5 nitrogen and oxygen atoms in total. The first-order valence-electron chi connectivity index (χ1n) is 8.84. The van der Waals surface area contributed by atoms with Gasteiger partial charge in [0.2, 0.25) is 0 Å². The van der Waals surface area contributed by atoms with Gasteiger partial charge >= 0.3 is 0 Å². The molecule has 4 N–H and O–H groups in total. The summed E-state index contributed by atoms with van der Waals surface area (Å²) >= 11 is 0. The summed E-state index contributed by atoms with van der Waals surface area (Å²) < 4.78 is 20.5. The van der Waals surface area contributed by atoms with Gasteiger partial charge in [-0.2, -0.15) is 5.48 Å². The average molecular weight is 337 g/mol. The Hall–Kier alpha value is -1.37. The summed E-state index contributed by atoms with van der Waals surface area (Å²) in [7, 11) is 0. The van der Waals surface area contributed by atoms with Crippen molar-refractivity contribution >= 4 is 11.4 Å². The number of alkyl halides is 1. The summed E-state index contributed by atoms with van der Waals surface area (Å²) in [5.41, 5.74) is 2.31. The van der Waals surface area contributed by atoms with Gasteiger partial charge < -0.3 is 14.7 Å². The molecular formula is C18H26FN2O3+. The van der Waals surface area contributed by atoms with Crippen molar-refractivity contribution in [1.29, 1.82) is 0 Å². The van der Waals surface area contributed by atoms with E-state index < -0.39 is 12.3 Å². The van der Waals surface area contributed by atoms with Gasteiger partial charge in [-0.15, -0.1) is 0 Å². The maximum absolute atomic E-state index is 14.2. The minimum Gasteiger partial charge on any atom is -0.487 e. The Kier molecular flexibility index (Phi) is 3.74. The molecule has 0 bridgehead atoms. The summed E-state index contributed by atoms with van der Waals surface area (Å²) in [5.74, 6) is 1.52. The van der Waals surface area contributed by atoms with Crippen LogP contribution >= 0.6 is 0 Å².